The van der Waals surface area contributed by atoms with Crippen LogP contribution >= 0.6 is 0 Å². The second-order valence-corrected chi connectivity index (χ2v) is 6.28. The lowest BCUT2D eigenvalue weighted by Crippen LogP contribution is -2.37. The Balaban J connectivity index is 1.97. The third kappa shape index (κ3) is 2.73. The van der Waals surface area contributed by atoms with Gasteiger partial charge < -0.3 is 15.3 Å². The van der Waals surface area contributed by atoms with Crippen molar-refractivity contribution >= 4 is 16.9 Å². The number of piperidine rings is 1. The molecule has 2 N–H and O–H groups in total. The molecule has 0 spiro atoms. The number of anilines is 1. The van der Waals surface area contributed by atoms with Gasteiger partial charge in [0, 0.05) is 30.2 Å². The Labute approximate surface area is 131 Å². The lowest BCUT2D eigenvalue weighted by atomic mass is 9.87. The number of likely N-dealkylation sites (tertiary alicyclic amines) is 1. The van der Waals surface area contributed by atoms with Gasteiger partial charge in [0.1, 0.15) is 5.75 Å². The van der Waals surface area contributed by atoms with E-state index in [0.29, 0.717) is 23.7 Å². The predicted octanol–water partition coefficient (Wildman–Crippen LogP) is 2.96. The van der Waals surface area contributed by atoms with Gasteiger partial charge in [-0.05, 0) is 57.8 Å². The zero-order valence-electron chi connectivity index (χ0n) is 13.5. The van der Waals surface area contributed by atoms with E-state index in [9.17, 15) is 5.11 Å². The van der Waals surface area contributed by atoms with E-state index >= 15 is 0 Å². The first kappa shape index (κ1) is 15.0. The van der Waals surface area contributed by atoms with E-state index < -0.39 is 0 Å². The molecule has 118 valence electrons. The fourth-order valence-corrected chi connectivity index (χ4v) is 3.34. The highest BCUT2D eigenvalue weighted by Crippen LogP contribution is 2.38. The van der Waals surface area contributed by atoms with Crippen LogP contribution < -0.4 is 5.32 Å². The summed E-state index contributed by atoms with van der Waals surface area (Å²) in [7, 11) is 1.81. The van der Waals surface area contributed by atoms with Crippen molar-refractivity contribution in [1.82, 2.24) is 14.9 Å². The van der Waals surface area contributed by atoms with Crippen LogP contribution in [0.25, 0.3) is 10.9 Å². The number of hydrogen-bond donors (Lipinski definition) is 2. The first-order valence-electron chi connectivity index (χ1n) is 8.00. The number of nitrogens with one attached hydrogen (secondary N) is 1. The van der Waals surface area contributed by atoms with Crippen molar-refractivity contribution in [2.24, 2.45) is 0 Å². The molecule has 1 saturated heterocycles. The quantitative estimate of drug-likeness (QED) is 0.912. The standard InChI is InChI=1S/C17H24N4O/c1-11(2)21-8-6-12(7-9-21)15-14(22)5-4-13-10-19-17(18-3)20-16(13)15/h4-5,10-12,22H,6-9H2,1-3H3,(H,18,19,20). The molecule has 0 bridgehead atoms. The van der Waals surface area contributed by atoms with Crippen LogP contribution in [0.4, 0.5) is 5.95 Å². The van der Waals surface area contributed by atoms with Gasteiger partial charge in [-0.25, -0.2) is 9.97 Å². The van der Waals surface area contributed by atoms with Crippen molar-refractivity contribution in [2.45, 2.75) is 38.6 Å². The second-order valence-electron chi connectivity index (χ2n) is 6.28. The van der Waals surface area contributed by atoms with Crippen molar-refractivity contribution in [3.05, 3.63) is 23.9 Å². The Morgan fingerprint density at radius 3 is 2.64 bits per heavy atom. The molecule has 0 saturated carbocycles. The van der Waals surface area contributed by atoms with Gasteiger partial charge in [0.15, 0.2) is 0 Å². The van der Waals surface area contributed by atoms with Crippen LogP contribution in [-0.4, -0.2) is 46.2 Å². The number of fused-ring (bicyclic) bond motifs is 1. The average Bonchev–Trinajstić information content (AvgIpc) is 2.54. The highest BCUT2D eigenvalue weighted by atomic mass is 16.3. The largest absolute Gasteiger partial charge is 0.508 e. The van der Waals surface area contributed by atoms with E-state index in [1.807, 2.05) is 19.3 Å². The third-order valence-electron chi connectivity index (χ3n) is 4.66. The van der Waals surface area contributed by atoms with E-state index in [-0.39, 0.29) is 0 Å². The Morgan fingerprint density at radius 2 is 2.00 bits per heavy atom. The first-order chi connectivity index (χ1) is 10.6. The smallest absolute Gasteiger partial charge is 0.222 e. The van der Waals surface area contributed by atoms with Gasteiger partial charge in [0.05, 0.1) is 5.52 Å². The van der Waals surface area contributed by atoms with Crippen LogP contribution in [0.2, 0.25) is 0 Å². The van der Waals surface area contributed by atoms with Crippen LogP contribution in [0.5, 0.6) is 5.75 Å². The highest BCUT2D eigenvalue weighted by Gasteiger charge is 2.26. The van der Waals surface area contributed by atoms with Crippen molar-refractivity contribution in [3.8, 4) is 5.75 Å². The highest BCUT2D eigenvalue weighted by molar-refractivity contribution is 5.84. The minimum atomic E-state index is 0.358. The second kappa shape index (κ2) is 6.08. The number of benzene rings is 1. The molecule has 0 atom stereocenters. The molecular weight excluding hydrogens is 276 g/mol. The molecule has 3 rings (SSSR count). The molecule has 1 aliphatic heterocycles. The summed E-state index contributed by atoms with van der Waals surface area (Å²) in [5, 5.41) is 14.4. The number of aromatic hydroxyl groups is 1. The molecule has 22 heavy (non-hydrogen) atoms. The summed E-state index contributed by atoms with van der Waals surface area (Å²) >= 11 is 0. The fourth-order valence-electron chi connectivity index (χ4n) is 3.34. The van der Waals surface area contributed by atoms with Gasteiger partial charge in [-0.15, -0.1) is 0 Å². The maximum absolute atomic E-state index is 10.4. The summed E-state index contributed by atoms with van der Waals surface area (Å²) in [6, 6.07) is 4.24. The van der Waals surface area contributed by atoms with Crippen LogP contribution in [0.3, 0.4) is 0 Å². The maximum atomic E-state index is 10.4. The Hall–Kier alpha value is -1.88. The van der Waals surface area contributed by atoms with Gasteiger partial charge >= 0.3 is 0 Å². The summed E-state index contributed by atoms with van der Waals surface area (Å²) in [6.07, 6.45) is 3.94. The monoisotopic (exact) mass is 300 g/mol. The number of aromatic nitrogens is 2. The predicted molar refractivity (Wildman–Crippen MR) is 89.4 cm³/mol. The zero-order valence-corrected chi connectivity index (χ0v) is 13.5. The normalized spacial score (nSPS) is 17.3. The first-order valence-corrected chi connectivity index (χ1v) is 8.00. The Bertz CT molecular complexity index is 663. The molecule has 1 fully saturated rings. The molecule has 0 radical (unpaired) electrons. The summed E-state index contributed by atoms with van der Waals surface area (Å²) in [5.74, 6) is 1.31. The maximum Gasteiger partial charge on any atom is 0.222 e. The van der Waals surface area contributed by atoms with Crippen LogP contribution in [0.15, 0.2) is 18.3 Å². The molecule has 5 nitrogen and oxygen atoms in total. The minimum absolute atomic E-state index is 0.358. The van der Waals surface area contributed by atoms with Crippen LogP contribution in [0.1, 0.15) is 38.2 Å². The van der Waals surface area contributed by atoms with Crippen molar-refractivity contribution in [1.29, 1.82) is 0 Å². The lowest BCUT2D eigenvalue weighted by molar-refractivity contribution is 0.171. The van der Waals surface area contributed by atoms with Gasteiger partial charge in [0.2, 0.25) is 5.95 Å². The van der Waals surface area contributed by atoms with E-state index in [2.05, 4.69) is 34.0 Å². The lowest BCUT2D eigenvalue weighted by Gasteiger charge is -2.35. The van der Waals surface area contributed by atoms with Gasteiger partial charge in [-0.3, -0.25) is 0 Å². The molecular formula is C17H24N4O. The van der Waals surface area contributed by atoms with Crippen molar-refractivity contribution in [3.63, 3.8) is 0 Å². The van der Waals surface area contributed by atoms with Crippen molar-refractivity contribution < 1.29 is 5.11 Å². The average molecular weight is 300 g/mol. The van der Waals surface area contributed by atoms with Gasteiger partial charge in [-0.1, -0.05) is 0 Å². The number of phenolic OH excluding ortho intramolecular Hbond substituents is 1. The third-order valence-corrected chi connectivity index (χ3v) is 4.66. The van der Waals surface area contributed by atoms with Crippen LogP contribution in [-0.2, 0) is 0 Å². The summed E-state index contributed by atoms with van der Waals surface area (Å²) in [5.41, 5.74) is 1.86. The number of hydrogen-bond acceptors (Lipinski definition) is 5. The molecule has 2 aromatic rings. The number of nitrogens with zero attached hydrogens (tertiary/aromatic N) is 3. The number of phenols is 1. The molecule has 5 heteroatoms. The zero-order chi connectivity index (χ0) is 15.7. The SMILES string of the molecule is CNc1ncc2ccc(O)c(C3CCN(C(C)C)CC3)c2n1. The van der Waals surface area contributed by atoms with E-state index in [4.69, 9.17) is 0 Å². The Kier molecular flexibility index (Phi) is 4.16. The molecule has 0 amide bonds. The Morgan fingerprint density at radius 1 is 1.27 bits per heavy atom. The van der Waals surface area contributed by atoms with E-state index in [1.165, 1.54) is 0 Å². The summed E-state index contributed by atoms with van der Waals surface area (Å²) in [4.78, 5) is 11.3. The number of rotatable bonds is 3. The van der Waals surface area contributed by atoms with Gasteiger partial charge in [0.25, 0.3) is 0 Å². The van der Waals surface area contributed by atoms with E-state index in [1.54, 1.807) is 6.07 Å². The summed E-state index contributed by atoms with van der Waals surface area (Å²) in [6.45, 7) is 6.62. The van der Waals surface area contributed by atoms with Gasteiger partial charge in [-0.2, -0.15) is 0 Å². The molecule has 0 aliphatic carbocycles. The molecule has 0 unspecified atom stereocenters. The fraction of sp³-hybridized carbons (Fsp3) is 0.529. The van der Waals surface area contributed by atoms with E-state index in [0.717, 1.165) is 42.4 Å². The molecule has 1 aromatic carbocycles. The minimum Gasteiger partial charge on any atom is -0.508 e. The topological polar surface area (TPSA) is 61.3 Å². The molecule has 2 heterocycles. The summed E-state index contributed by atoms with van der Waals surface area (Å²) < 4.78 is 0. The van der Waals surface area contributed by atoms with Crippen LogP contribution in [0, 0.1) is 0 Å². The van der Waals surface area contributed by atoms with Crippen molar-refractivity contribution in [2.75, 3.05) is 25.5 Å². The molecule has 1 aliphatic rings. The molecule has 1 aromatic heterocycles.